The molecule has 0 radical (unpaired) electrons. The number of hydrogen-bond donors (Lipinski definition) is 1. The molecule has 0 aromatic heterocycles. The zero-order valence-corrected chi connectivity index (χ0v) is 15.6. The van der Waals surface area contributed by atoms with Crippen LogP contribution in [0.3, 0.4) is 0 Å². The third-order valence-corrected chi connectivity index (χ3v) is 4.43. The molecule has 0 saturated carbocycles. The molecule has 23 heavy (non-hydrogen) atoms. The van der Waals surface area contributed by atoms with E-state index >= 15 is 0 Å². The molecule has 1 aliphatic carbocycles. The van der Waals surface area contributed by atoms with Crippen molar-refractivity contribution in [2.24, 2.45) is 16.6 Å². The van der Waals surface area contributed by atoms with Crippen molar-refractivity contribution in [2.75, 3.05) is 0 Å². The summed E-state index contributed by atoms with van der Waals surface area (Å²) in [7, 11) is 0. The van der Waals surface area contributed by atoms with E-state index in [1.807, 2.05) is 20.1 Å². The highest BCUT2D eigenvalue weighted by atomic mass is 14.8. The van der Waals surface area contributed by atoms with Crippen molar-refractivity contribution in [2.45, 2.75) is 60.4 Å². The number of rotatable bonds is 6. The van der Waals surface area contributed by atoms with Gasteiger partial charge >= 0.3 is 0 Å². The molecule has 0 aromatic rings. The summed E-state index contributed by atoms with van der Waals surface area (Å²) in [5.74, 6) is 0.250. The van der Waals surface area contributed by atoms with Crippen LogP contribution >= 0.6 is 0 Å². The Morgan fingerprint density at radius 1 is 1.35 bits per heavy atom. The molecule has 2 N–H and O–H groups in total. The van der Waals surface area contributed by atoms with Crippen molar-refractivity contribution in [1.82, 2.24) is 0 Å². The van der Waals surface area contributed by atoms with Gasteiger partial charge in [-0.15, -0.1) is 0 Å². The molecule has 0 heterocycles. The Morgan fingerprint density at radius 2 is 2.00 bits per heavy atom. The highest BCUT2D eigenvalue weighted by Crippen LogP contribution is 2.34. The minimum Gasteiger partial charge on any atom is -0.324 e. The first-order valence-electron chi connectivity index (χ1n) is 8.52. The van der Waals surface area contributed by atoms with Crippen molar-refractivity contribution in [3.63, 3.8) is 0 Å². The summed E-state index contributed by atoms with van der Waals surface area (Å²) in [5, 5.41) is 0. The Labute approximate surface area is 142 Å². The van der Waals surface area contributed by atoms with Crippen molar-refractivity contribution >= 4 is 6.21 Å². The van der Waals surface area contributed by atoms with E-state index < -0.39 is 0 Å². The average molecular weight is 313 g/mol. The lowest BCUT2D eigenvalue weighted by Crippen LogP contribution is -2.34. The Kier molecular flexibility index (Phi) is 7.44. The lowest BCUT2D eigenvalue weighted by atomic mass is 9.81. The molecule has 0 amide bonds. The molecule has 0 bridgehead atoms. The smallest absolute Gasteiger partial charge is 0.0475 e. The van der Waals surface area contributed by atoms with Gasteiger partial charge in [0, 0.05) is 23.9 Å². The van der Waals surface area contributed by atoms with Gasteiger partial charge in [0.15, 0.2) is 0 Å². The molecule has 0 aliphatic heterocycles. The van der Waals surface area contributed by atoms with E-state index in [1.54, 1.807) is 0 Å². The molecule has 0 aromatic carbocycles. The summed E-state index contributed by atoms with van der Waals surface area (Å²) < 4.78 is 0. The van der Waals surface area contributed by atoms with Gasteiger partial charge in [-0.2, -0.15) is 0 Å². The van der Waals surface area contributed by atoms with E-state index in [2.05, 4.69) is 57.5 Å². The highest BCUT2D eigenvalue weighted by Gasteiger charge is 2.26. The Hall–Kier alpha value is -1.67. The van der Waals surface area contributed by atoms with Crippen LogP contribution in [-0.2, 0) is 0 Å². The van der Waals surface area contributed by atoms with Crippen LogP contribution in [0.25, 0.3) is 0 Å². The fraction of sp³-hybridized carbons (Fsp3) is 0.476. The van der Waals surface area contributed by atoms with Crippen LogP contribution in [-0.4, -0.2) is 12.3 Å². The summed E-state index contributed by atoms with van der Waals surface area (Å²) in [4.78, 5) is 4.51. The maximum Gasteiger partial charge on any atom is 0.0475 e. The van der Waals surface area contributed by atoms with Gasteiger partial charge in [0.05, 0.1) is 0 Å². The van der Waals surface area contributed by atoms with Crippen LogP contribution in [0.15, 0.2) is 63.4 Å². The van der Waals surface area contributed by atoms with Gasteiger partial charge in [-0.25, -0.2) is 0 Å². The van der Waals surface area contributed by atoms with Gasteiger partial charge in [0.2, 0.25) is 0 Å². The van der Waals surface area contributed by atoms with E-state index in [0.29, 0.717) is 0 Å². The van der Waals surface area contributed by atoms with Crippen LogP contribution in [0.4, 0.5) is 0 Å². The highest BCUT2D eigenvalue weighted by molar-refractivity contribution is 5.57. The number of aliphatic imine (C=N–C) groups is 1. The topological polar surface area (TPSA) is 38.4 Å². The predicted octanol–water partition coefficient (Wildman–Crippen LogP) is 5.50. The minimum absolute atomic E-state index is 0.0234. The average Bonchev–Trinajstić information content (AvgIpc) is 2.51. The Morgan fingerprint density at radius 3 is 2.48 bits per heavy atom. The van der Waals surface area contributed by atoms with E-state index in [9.17, 15) is 0 Å². The number of allylic oxidation sites excluding steroid dienone is 7. The van der Waals surface area contributed by atoms with Gasteiger partial charge < -0.3 is 5.73 Å². The minimum atomic E-state index is 0.0234. The maximum absolute atomic E-state index is 6.51. The lowest BCUT2D eigenvalue weighted by Gasteiger charge is -2.30. The third kappa shape index (κ3) is 4.90. The number of nitrogens with zero attached hydrogens (tertiary/aromatic N) is 1. The molecular formula is C21H32N2. The largest absolute Gasteiger partial charge is 0.324 e. The summed E-state index contributed by atoms with van der Waals surface area (Å²) in [6.07, 6.45) is 10.4. The molecule has 126 valence electrons. The van der Waals surface area contributed by atoms with Crippen LogP contribution < -0.4 is 5.73 Å². The van der Waals surface area contributed by atoms with Crippen molar-refractivity contribution in [1.29, 1.82) is 0 Å². The Balaban J connectivity index is 3.16. The maximum atomic E-state index is 6.51. The molecule has 2 heteroatoms. The predicted molar refractivity (Wildman–Crippen MR) is 104 cm³/mol. The lowest BCUT2D eigenvalue weighted by molar-refractivity contribution is 0.546. The molecule has 2 unspecified atom stereocenters. The van der Waals surface area contributed by atoms with Gasteiger partial charge in [-0.3, -0.25) is 4.99 Å². The van der Waals surface area contributed by atoms with Gasteiger partial charge in [0.1, 0.15) is 0 Å². The molecule has 2 nitrogen and oxygen atoms in total. The van der Waals surface area contributed by atoms with E-state index in [1.165, 1.54) is 22.3 Å². The molecule has 0 fully saturated rings. The van der Waals surface area contributed by atoms with E-state index in [-0.39, 0.29) is 12.0 Å². The zero-order chi connectivity index (χ0) is 17.6. The summed E-state index contributed by atoms with van der Waals surface area (Å²) in [5.41, 5.74) is 13.9. The second-order valence-corrected chi connectivity index (χ2v) is 6.35. The monoisotopic (exact) mass is 312 g/mol. The first-order chi connectivity index (χ1) is 10.8. The fourth-order valence-electron chi connectivity index (χ4n) is 3.17. The molecule has 0 spiro atoms. The van der Waals surface area contributed by atoms with Crippen LogP contribution in [0, 0.1) is 5.92 Å². The van der Waals surface area contributed by atoms with Gasteiger partial charge in [-0.1, -0.05) is 44.2 Å². The SMILES string of the molecule is C=C(C)/C=C(CC)\C(=C/C)CC1=CC(C)=C(/N=C\C)C(C)C1N. The van der Waals surface area contributed by atoms with Crippen molar-refractivity contribution in [3.05, 3.63) is 58.4 Å². The quantitative estimate of drug-likeness (QED) is 0.510. The summed E-state index contributed by atoms with van der Waals surface area (Å²) in [6, 6.07) is 0.0234. The molecular weight excluding hydrogens is 280 g/mol. The number of nitrogens with two attached hydrogens (primary N) is 1. The fourth-order valence-corrected chi connectivity index (χ4v) is 3.17. The summed E-state index contributed by atoms with van der Waals surface area (Å²) >= 11 is 0. The number of hydrogen-bond acceptors (Lipinski definition) is 2. The van der Waals surface area contributed by atoms with Crippen LogP contribution in [0.2, 0.25) is 0 Å². The molecule has 1 rings (SSSR count). The standard InChI is InChI=1S/C21H32N2/c1-8-17(11-14(4)5)18(9-2)13-19-12-15(6)21(23-10-3)16(7)20(19)22/h9-12,16,20H,4,8,13,22H2,1-3,5-7H3/b17-11-,18-9-,23-10-. The van der Waals surface area contributed by atoms with Gasteiger partial charge in [0.25, 0.3) is 0 Å². The van der Waals surface area contributed by atoms with Crippen LogP contribution in [0.5, 0.6) is 0 Å². The first kappa shape index (κ1) is 19.4. The van der Waals surface area contributed by atoms with Gasteiger partial charge in [-0.05, 0) is 62.8 Å². The zero-order valence-electron chi connectivity index (χ0n) is 15.6. The summed E-state index contributed by atoms with van der Waals surface area (Å²) in [6.45, 7) is 16.6. The van der Waals surface area contributed by atoms with Crippen molar-refractivity contribution in [3.8, 4) is 0 Å². The normalized spacial score (nSPS) is 23.5. The second-order valence-electron chi connectivity index (χ2n) is 6.35. The molecule has 0 saturated heterocycles. The molecule has 2 atom stereocenters. The Bertz CT molecular complexity index is 597. The first-order valence-corrected chi connectivity index (χ1v) is 8.52. The van der Waals surface area contributed by atoms with Crippen LogP contribution in [0.1, 0.15) is 54.4 Å². The third-order valence-electron chi connectivity index (χ3n) is 4.43. The second kappa shape index (κ2) is 8.83. The molecule has 1 aliphatic rings. The van der Waals surface area contributed by atoms with E-state index in [4.69, 9.17) is 5.73 Å². The van der Waals surface area contributed by atoms with E-state index in [0.717, 1.165) is 24.1 Å². The van der Waals surface area contributed by atoms with Crippen molar-refractivity contribution < 1.29 is 0 Å².